The molecule has 1 amide bonds. The van der Waals surface area contributed by atoms with Crippen molar-refractivity contribution in [2.45, 2.75) is 38.4 Å². The molecule has 8 nitrogen and oxygen atoms in total. The van der Waals surface area contributed by atoms with Gasteiger partial charge in [-0.1, -0.05) is 23.4 Å². The minimum Gasteiger partial charge on any atom is -0.489 e. The summed E-state index contributed by atoms with van der Waals surface area (Å²) in [7, 11) is 0. The number of pyridine rings is 1. The number of hydrogen-bond acceptors (Lipinski definition) is 7. The van der Waals surface area contributed by atoms with Crippen LogP contribution in [0.3, 0.4) is 0 Å². The van der Waals surface area contributed by atoms with Gasteiger partial charge in [-0.05, 0) is 48.9 Å². The zero-order valence-electron chi connectivity index (χ0n) is 17.7. The molecule has 8 heteroatoms. The standard InChI is InChI=1S/C24H25N3O5/c1-16-12-18(20-4-2-3-5-21(20)25-16)14-31-19-8-6-17(7-9-19)22-13-24(15-28,32-27-22)11-10-23(29)26-30/h2-9,12,28,30H,10-11,13-15H2,1H3,(H,26,29). The van der Waals surface area contributed by atoms with Gasteiger partial charge in [0.2, 0.25) is 5.91 Å². The number of carbonyl (C=O) groups is 1. The molecule has 1 atom stereocenters. The Bertz CT molecular complexity index is 1150. The Labute approximate surface area is 185 Å². The van der Waals surface area contributed by atoms with E-state index in [1.807, 2.05) is 61.5 Å². The number of aliphatic hydroxyl groups is 1. The van der Waals surface area contributed by atoms with E-state index in [0.29, 0.717) is 18.7 Å². The molecule has 3 aromatic rings. The van der Waals surface area contributed by atoms with E-state index in [-0.39, 0.29) is 19.4 Å². The van der Waals surface area contributed by atoms with E-state index in [0.717, 1.165) is 33.5 Å². The number of aliphatic hydroxyl groups excluding tert-OH is 1. The highest BCUT2D eigenvalue weighted by atomic mass is 16.7. The predicted octanol–water partition coefficient (Wildman–Crippen LogP) is 3.26. The summed E-state index contributed by atoms with van der Waals surface area (Å²) in [5.74, 6) is 0.188. The van der Waals surface area contributed by atoms with E-state index >= 15 is 0 Å². The molecule has 0 radical (unpaired) electrons. The molecular weight excluding hydrogens is 410 g/mol. The Balaban J connectivity index is 1.40. The monoisotopic (exact) mass is 435 g/mol. The van der Waals surface area contributed by atoms with Crippen molar-refractivity contribution in [3.8, 4) is 5.75 Å². The molecule has 0 spiro atoms. The van der Waals surface area contributed by atoms with Crippen molar-refractivity contribution >= 4 is 22.5 Å². The number of rotatable bonds is 8. The van der Waals surface area contributed by atoms with E-state index in [4.69, 9.17) is 14.8 Å². The van der Waals surface area contributed by atoms with Gasteiger partial charge in [-0.25, -0.2) is 5.48 Å². The quantitative estimate of drug-likeness (QED) is 0.370. The highest BCUT2D eigenvalue weighted by Crippen LogP contribution is 2.31. The Morgan fingerprint density at radius 3 is 2.75 bits per heavy atom. The summed E-state index contributed by atoms with van der Waals surface area (Å²) in [6.45, 7) is 2.12. The van der Waals surface area contributed by atoms with Crippen molar-refractivity contribution < 1.29 is 24.7 Å². The number of benzene rings is 2. The van der Waals surface area contributed by atoms with Crippen LogP contribution < -0.4 is 10.2 Å². The van der Waals surface area contributed by atoms with Gasteiger partial charge < -0.3 is 14.7 Å². The smallest absolute Gasteiger partial charge is 0.243 e. The zero-order chi connectivity index (χ0) is 22.6. The minimum atomic E-state index is -0.961. The summed E-state index contributed by atoms with van der Waals surface area (Å²) >= 11 is 0. The maximum absolute atomic E-state index is 11.3. The topological polar surface area (TPSA) is 113 Å². The first kappa shape index (κ1) is 21.7. The largest absolute Gasteiger partial charge is 0.489 e. The summed E-state index contributed by atoms with van der Waals surface area (Å²) in [6.07, 6.45) is 0.629. The van der Waals surface area contributed by atoms with Crippen LogP contribution in [0, 0.1) is 6.92 Å². The highest BCUT2D eigenvalue weighted by molar-refractivity contribution is 6.01. The number of nitrogens with zero attached hydrogens (tertiary/aromatic N) is 2. The van der Waals surface area contributed by atoms with Gasteiger partial charge in [0.15, 0.2) is 5.60 Å². The second-order valence-corrected chi connectivity index (χ2v) is 7.94. The first-order chi connectivity index (χ1) is 15.5. The van der Waals surface area contributed by atoms with Crippen molar-refractivity contribution in [3.05, 3.63) is 71.4 Å². The SMILES string of the molecule is Cc1cc(COc2ccc(C3=NOC(CO)(CCC(=O)NO)C3)cc2)c2ccccc2n1. The molecule has 0 aliphatic carbocycles. The third kappa shape index (κ3) is 4.71. The fourth-order valence-corrected chi connectivity index (χ4v) is 3.79. The number of hydroxylamine groups is 1. The number of hydrogen-bond donors (Lipinski definition) is 3. The maximum Gasteiger partial charge on any atom is 0.243 e. The number of amides is 1. The fourth-order valence-electron chi connectivity index (χ4n) is 3.79. The Morgan fingerprint density at radius 1 is 1.22 bits per heavy atom. The molecule has 0 saturated heterocycles. The lowest BCUT2D eigenvalue weighted by Crippen LogP contribution is -2.35. The fraction of sp³-hybridized carbons (Fsp3) is 0.292. The first-order valence-electron chi connectivity index (χ1n) is 10.4. The lowest BCUT2D eigenvalue weighted by Gasteiger charge is -2.23. The Hall–Kier alpha value is -3.49. The minimum absolute atomic E-state index is 0.0236. The number of nitrogens with one attached hydrogen (secondary N) is 1. The van der Waals surface area contributed by atoms with Crippen molar-refractivity contribution in [2.75, 3.05) is 6.61 Å². The predicted molar refractivity (Wildman–Crippen MR) is 118 cm³/mol. The molecule has 1 unspecified atom stereocenters. The second kappa shape index (κ2) is 9.33. The van der Waals surface area contributed by atoms with Gasteiger partial charge in [-0.3, -0.25) is 15.0 Å². The van der Waals surface area contributed by atoms with Crippen LogP contribution in [0.25, 0.3) is 10.9 Å². The van der Waals surface area contributed by atoms with Crippen LogP contribution in [-0.4, -0.2) is 39.1 Å². The average molecular weight is 435 g/mol. The van der Waals surface area contributed by atoms with Crippen molar-refractivity contribution in [1.82, 2.24) is 10.5 Å². The molecule has 0 fully saturated rings. The first-order valence-corrected chi connectivity index (χ1v) is 10.4. The molecule has 2 heterocycles. The van der Waals surface area contributed by atoms with E-state index in [2.05, 4.69) is 10.1 Å². The second-order valence-electron chi connectivity index (χ2n) is 7.94. The molecular formula is C24H25N3O5. The summed E-state index contributed by atoms with van der Waals surface area (Å²) < 4.78 is 6.01. The number of fused-ring (bicyclic) bond motifs is 1. The van der Waals surface area contributed by atoms with Gasteiger partial charge in [-0.2, -0.15) is 0 Å². The van der Waals surface area contributed by atoms with Crippen LogP contribution in [0.5, 0.6) is 5.75 Å². The number of aromatic nitrogens is 1. The van der Waals surface area contributed by atoms with E-state index in [9.17, 15) is 9.90 Å². The van der Waals surface area contributed by atoms with Crippen LogP contribution in [0.2, 0.25) is 0 Å². The normalized spacial score (nSPS) is 17.7. The lowest BCUT2D eigenvalue weighted by molar-refractivity contribution is -0.131. The van der Waals surface area contributed by atoms with Crippen LogP contribution in [0.15, 0.2) is 59.8 Å². The summed E-state index contributed by atoms with van der Waals surface area (Å²) in [4.78, 5) is 21.4. The summed E-state index contributed by atoms with van der Waals surface area (Å²) in [5.41, 5.74) is 5.13. The van der Waals surface area contributed by atoms with Crippen molar-refractivity contribution in [2.24, 2.45) is 5.16 Å². The molecule has 2 aromatic carbocycles. The molecule has 0 bridgehead atoms. The molecule has 0 saturated carbocycles. The molecule has 4 rings (SSSR count). The summed E-state index contributed by atoms with van der Waals surface area (Å²) in [6, 6.07) is 17.5. The Morgan fingerprint density at radius 2 is 2.00 bits per heavy atom. The van der Waals surface area contributed by atoms with Crippen LogP contribution >= 0.6 is 0 Å². The van der Waals surface area contributed by atoms with E-state index in [1.165, 1.54) is 0 Å². The van der Waals surface area contributed by atoms with Gasteiger partial charge in [-0.15, -0.1) is 0 Å². The van der Waals surface area contributed by atoms with Gasteiger partial charge in [0.05, 0.1) is 17.8 Å². The van der Waals surface area contributed by atoms with E-state index in [1.54, 1.807) is 5.48 Å². The molecule has 1 aliphatic heterocycles. The third-order valence-corrected chi connectivity index (χ3v) is 5.57. The number of ether oxygens (including phenoxy) is 1. The molecule has 1 aliphatic rings. The number of oxime groups is 1. The molecule has 32 heavy (non-hydrogen) atoms. The van der Waals surface area contributed by atoms with Crippen LogP contribution in [-0.2, 0) is 16.2 Å². The maximum atomic E-state index is 11.3. The summed E-state index contributed by atoms with van der Waals surface area (Å²) in [5, 5.41) is 23.6. The molecule has 1 aromatic heterocycles. The number of carbonyl (C=O) groups excluding carboxylic acids is 1. The molecule has 3 N–H and O–H groups in total. The average Bonchev–Trinajstić information content (AvgIpc) is 3.26. The van der Waals surface area contributed by atoms with E-state index < -0.39 is 11.5 Å². The van der Waals surface area contributed by atoms with Crippen LogP contribution in [0.1, 0.15) is 36.1 Å². The highest BCUT2D eigenvalue weighted by Gasteiger charge is 2.39. The van der Waals surface area contributed by atoms with Gasteiger partial charge >= 0.3 is 0 Å². The van der Waals surface area contributed by atoms with Gasteiger partial charge in [0.25, 0.3) is 0 Å². The Kier molecular flexibility index (Phi) is 6.34. The molecule has 166 valence electrons. The van der Waals surface area contributed by atoms with Crippen LogP contribution in [0.4, 0.5) is 0 Å². The van der Waals surface area contributed by atoms with Crippen molar-refractivity contribution in [3.63, 3.8) is 0 Å². The third-order valence-electron chi connectivity index (χ3n) is 5.57. The zero-order valence-corrected chi connectivity index (χ0v) is 17.7. The van der Waals surface area contributed by atoms with Crippen molar-refractivity contribution in [1.29, 1.82) is 0 Å². The van der Waals surface area contributed by atoms with Gasteiger partial charge in [0, 0.05) is 35.9 Å². The van der Waals surface area contributed by atoms with Gasteiger partial charge in [0.1, 0.15) is 12.4 Å². The lowest BCUT2D eigenvalue weighted by atomic mass is 9.90. The number of aryl methyl sites for hydroxylation is 1. The number of para-hydroxylation sites is 1.